The molecule has 2 unspecified atom stereocenters. The summed E-state index contributed by atoms with van der Waals surface area (Å²) in [6, 6.07) is 0. The summed E-state index contributed by atoms with van der Waals surface area (Å²) in [4.78, 5) is 23.9. The molecule has 114 valence electrons. The fourth-order valence-corrected chi connectivity index (χ4v) is 3.80. The average molecular weight is 281 g/mol. The van der Waals surface area contributed by atoms with Crippen LogP contribution in [0.4, 0.5) is 0 Å². The van der Waals surface area contributed by atoms with E-state index in [0.717, 1.165) is 44.9 Å². The lowest BCUT2D eigenvalue weighted by molar-refractivity contribution is -0.147. The third-order valence-corrected chi connectivity index (χ3v) is 5.14. The highest BCUT2D eigenvalue weighted by molar-refractivity contribution is 5.81. The highest BCUT2D eigenvalue weighted by Gasteiger charge is 2.42. The predicted octanol–water partition coefficient (Wildman–Crippen LogP) is 3.11. The zero-order valence-corrected chi connectivity index (χ0v) is 12.5. The van der Waals surface area contributed by atoms with Gasteiger partial charge in [-0.3, -0.25) is 9.59 Å². The van der Waals surface area contributed by atoms with Gasteiger partial charge in [0, 0.05) is 5.92 Å². The molecule has 0 aromatic carbocycles. The fourth-order valence-electron chi connectivity index (χ4n) is 3.80. The van der Waals surface area contributed by atoms with Crippen molar-refractivity contribution in [3.63, 3.8) is 0 Å². The van der Waals surface area contributed by atoms with Gasteiger partial charge in [-0.1, -0.05) is 38.5 Å². The van der Waals surface area contributed by atoms with Crippen LogP contribution in [0.25, 0.3) is 0 Å². The second-order valence-electron chi connectivity index (χ2n) is 6.73. The van der Waals surface area contributed by atoms with Crippen molar-refractivity contribution in [2.24, 2.45) is 11.8 Å². The highest BCUT2D eigenvalue weighted by atomic mass is 16.4. The number of carboxylic acid groups (broad SMARTS) is 1. The maximum Gasteiger partial charge on any atom is 0.308 e. The van der Waals surface area contributed by atoms with Gasteiger partial charge in [0.25, 0.3) is 0 Å². The van der Waals surface area contributed by atoms with Crippen LogP contribution in [-0.2, 0) is 9.59 Å². The van der Waals surface area contributed by atoms with E-state index in [4.69, 9.17) is 0 Å². The summed E-state index contributed by atoms with van der Waals surface area (Å²) in [6.07, 6.45) is 10.0. The van der Waals surface area contributed by atoms with Gasteiger partial charge in [-0.25, -0.2) is 0 Å². The van der Waals surface area contributed by atoms with E-state index in [1.807, 2.05) is 6.92 Å². The summed E-state index contributed by atoms with van der Waals surface area (Å²) in [5, 5.41) is 12.5. The molecule has 0 radical (unpaired) electrons. The summed E-state index contributed by atoms with van der Waals surface area (Å²) < 4.78 is 0. The van der Waals surface area contributed by atoms with Crippen molar-refractivity contribution in [2.45, 2.75) is 76.7 Å². The topological polar surface area (TPSA) is 66.4 Å². The minimum Gasteiger partial charge on any atom is -0.481 e. The summed E-state index contributed by atoms with van der Waals surface area (Å²) in [5.41, 5.74) is -0.562. The summed E-state index contributed by atoms with van der Waals surface area (Å²) in [5.74, 6) is -1.03. The molecule has 0 spiro atoms. The smallest absolute Gasteiger partial charge is 0.308 e. The predicted molar refractivity (Wildman–Crippen MR) is 77.3 cm³/mol. The molecule has 0 aromatic rings. The molecule has 0 heterocycles. The van der Waals surface area contributed by atoms with Gasteiger partial charge in [-0.05, 0) is 32.6 Å². The maximum absolute atomic E-state index is 12.5. The largest absolute Gasteiger partial charge is 0.481 e. The SMILES string of the molecule is CC1(NC(=O)C2CCCCCC2)CCCCC1C(=O)O. The molecule has 0 aromatic heterocycles. The molecule has 2 aliphatic rings. The number of carbonyl (C=O) groups is 2. The van der Waals surface area contributed by atoms with Crippen LogP contribution in [0.3, 0.4) is 0 Å². The van der Waals surface area contributed by atoms with Crippen LogP contribution >= 0.6 is 0 Å². The number of carboxylic acids is 1. The Morgan fingerprint density at radius 1 is 1.00 bits per heavy atom. The Labute approximate surface area is 121 Å². The van der Waals surface area contributed by atoms with Crippen molar-refractivity contribution in [1.82, 2.24) is 5.32 Å². The molecule has 4 nitrogen and oxygen atoms in total. The zero-order chi connectivity index (χ0) is 14.6. The summed E-state index contributed by atoms with van der Waals surface area (Å²) in [7, 11) is 0. The number of aliphatic carboxylic acids is 1. The molecular weight excluding hydrogens is 254 g/mol. The van der Waals surface area contributed by atoms with Crippen LogP contribution in [0.15, 0.2) is 0 Å². The van der Waals surface area contributed by atoms with Crippen LogP contribution in [0, 0.1) is 11.8 Å². The molecule has 4 heteroatoms. The number of hydrogen-bond acceptors (Lipinski definition) is 2. The Morgan fingerprint density at radius 2 is 1.60 bits per heavy atom. The molecule has 0 saturated heterocycles. The Morgan fingerprint density at radius 3 is 2.20 bits per heavy atom. The van der Waals surface area contributed by atoms with E-state index in [-0.39, 0.29) is 11.8 Å². The molecule has 2 saturated carbocycles. The van der Waals surface area contributed by atoms with Crippen LogP contribution < -0.4 is 5.32 Å². The Bertz CT molecular complexity index is 361. The van der Waals surface area contributed by atoms with Gasteiger partial charge >= 0.3 is 5.97 Å². The van der Waals surface area contributed by atoms with E-state index in [9.17, 15) is 14.7 Å². The summed E-state index contributed by atoms with van der Waals surface area (Å²) in [6.45, 7) is 1.92. The Balaban J connectivity index is 2.01. The van der Waals surface area contributed by atoms with Gasteiger partial charge in [-0.2, -0.15) is 0 Å². The van der Waals surface area contributed by atoms with E-state index in [0.29, 0.717) is 6.42 Å². The Kier molecular flexibility index (Phi) is 5.06. The lowest BCUT2D eigenvalue weighted by Gasteiger charge is -2.40. The molecule has 20 heavy (non-hydrogen) atoms. The number of nitrogens with one attached hydrogen (secondary N) is 1. The third kappa shape index (κ3) is 3.53. The second-order valence-corrected chi connectivity index (χ2v) is 6.73. The quantitative estimate of drug-likeness (QED) is 0.781. The van der Waals surface area contributed by atoms with Crippen LogP contribution in [0.2, 0.25) is 0 Å². The van der Waals surface area contributed by atoms with Crippen molar-refractivity contribution >= 4 is 11.9 Å². The average Bonchev–Trinajstić information content (AvgIpc) is 2.67. The molecule has 0 aliphatic heterocycles. The Hall–Kier alpha value is -1.06. The first kappa shape index (κ1) is 15.3. The van der Waals surface area contributed by atoms with Crippen LogP contribution in [-0.4, -0.2) is 22.5 Å². The standard InChI is InChI=1S/C16H27NO3/c1-16(11-7-6-10-13(16)15(19)20)17-14(18)12-8-4-2-3-5-9-12/h12-13H,2-11H2,1H3,(H,17,18)(H,19,20). The zero-order valence-electron chi connectivity index (χ0n) is 12.5. The fraction of sp³-hybridized carbons (Fsp3) is 0.875. The molecule has 2 N–H and O–H groups in total. The van der Waals surface area contributed by atoms with Gasteiger partial charge in [0.2, 0.25) is 5.91 Å². The van der Waals surface area contributed by atoms with E-state index >= 15 is 0 Å². The first-order valence-corrected chi connectivity index (χ1v) is 8.08. The highest BCUT2D eigenvalue weighted by Crippen LogP contribution is 2.34. The first-order chi connectivity index (χ1) is 9.53. The molecule has 2 fully saturated rings. The van der Waals surface area contributed by atoms with Crippen molar-refractivity contribution in [1.29, 1.82) is 0 Å². The molecule has 2 aliphatic carbocycles. The van der Waals surface area contributed by atoms with Crippen molar-refractivity contribution in [3.8, 4) is 0 Å². The monoisotopic (exact) mass is 281 g/mol. The second kappa shape index (κ2) is 6.59. The van der Waals surface area contributed by atoms with Crippen LogP contribution in [0.5, 0.6) is 0 Å². The number of hydrogen-bond donors (Lipinski definition) is 2. The minimum absolute atomic E-state index is 0.0857. The van der Waals surface area contributed by atoms with E-state index in [1.165, 1.54) is 12.8 Å². The third-order valence-electron chi connectivity index (χ3n) is 5.14. The number of amides is 1. The minimum atomic E-state index is -0.770. The van der Waals surface area contributed by atoms with Gasteiger partial charge in [0.05, 0.1) is 11.5 Å². The van der Waals surface area contributed by atoms with E-state index in [1.54, 1.807) is 0 Å². The van der Waals surface area contributed by atoms with E-state index in [2.05, 4.69) is 5.32 Å². The van der Waals surface area contributed by atoms with Crippen LogP contribution in [0.1, 0.15) is 71.1 Å². The lowest BCUT2D eigenvalue weighted by Crippen LogP contribution is -2.56. The molecule has 2 atom stereocenters. The number of carbonyl (C=O) groups excluding carboxylic acids is 1. The lowest BCUT2D eigenvalue weighted by atomic mass is 9.73. The maximum atomic E-state index is 12.5. The molecule has 1 amide bonds. The molecular formula is C16H27NO3. The van der Waals surface area contributed by atoms with Gasteiger partial charge in [-0.15, -0.1) is 0 Å². The first-order valence-electron chi connectivity index (χ1n) is 8.08. The van der Waals surface area contributed by atoms with Gasteiger partial charge in [0.1, 0.15) is 0 Å². The number of rotatable bonds is 3. The molecule has 2 rings (SSSR count). The van der Waals surface area contributed by atoms with Crippen molar-refractivity contribution in [3.05, 3.63) is 0 Å². The molecule has 0 bridgehead atoms. The van der Waals surface area contributed by atoms with Crippen molar-refractivity contribution < 1.29 is 14.7 Å². The van der Waals surface area contributed by atoms with E-state index < -0.39 is 17.4 Å². The van der Waals surface area contributed by atoms with Crippen molar-refractivity contribution in [2.75, 3.05) is 0 Å². The summed E-state index contributed by atoms with van der Waals surface area (Å²) >= 11 is 0. The van der Waals surface area contributed by atoms with Gasteiger partial charge < -0.3 is 10.4 Å². The normalized spacial score (nSPS) is 32.4. The van der Waals surface area contributed by atoms with Gasteiger partial charge in [0.15, 0.2) is 0 Å².